The van der Waals surface area contributed by atoms with Crippen molar-refractivity contribution >= 4 is 53.9 Å². The van der Waals surface area contributed by atoms with Gasteiger partial charge in [0.2, 0.25) is 0 Å². The summed E-state index contributed by atoms with van der Waals surface area (Å²) in [5.74, 6) is 0.626. The van der Waals surface area contributed by atoms with Crippen LogP contribution >= 0.6 is 0 Å². The van der Waals surface area contributed by atoms with Crippen molar-refractivity contribution in [3.8, 4) is 33.8 Å². The quantitative estimate of drug-likeness (QED) is 0.155. The molecule has 0 radical (unpaired) electrons. The molecule has 0 N–H and O–H groups in total. The van der Waals surface area contributed by atoms with Crippen LogP contribution in [-0.4, -0.2) is 13.5 Å². The summed E-state index contributed by atoms with van der Waals surface area (Å²) in [5.41, 5.74) is 4.06. The maximum atomic E-state index is 12.7. The number of alkyl halides is 3. The van der Waals surface area contributed by atoms with Crippen molar-refractivity contribution in [2.75, 3.05) is 7.11 Å². The van der Waals surface area contributed by atoms with E-state index in [9.17, 15) is 13.2 Å². The molecule has 0 aliphatic carbocycles. The minimum absolute atomic E-state index is 0.238. The predicted octanol–water partition coefficient (Wildman–Crippen LogP) is 11.1. The number of fused-ring (bicyclic) bond motifs is 2. The monoisotopic (exact) mass is 568 g/mol. The van der Waals surface area contributed by atoms with Gasteiger partial charge in [0.25, 0.3) is 0 Å². The van der Waals surface area contributed by atoms with Gasteiger partial charge in [-0.25, -0.2) is 0 Å². The molecule has 0 fully saturated rings. The van der Waals surface area contributed by atoms with Crippen LogP contribution in [0.3, 0.4) is 0 Å². The van der Waals surface area contributed by atoms with Crippen molar-refractivity contribution in [1.29, 1.82) is 0 Å². The Hall–Kier alpha value is -5.29. The van der Waals surface area contributed by atoms with E-state index >= 15 is 0 Å². The fourth-order valence-corrected chi connectivity index (χ4v) is 6.71. The van der Waals surface area contributed by atoms with E-state index in [-0.39, 0.29) is 5.75 Å². The molecule has 0 bridgehead atoms. The van der Waals surface area contributed by atoms with Gasteiger partial charge in [0.05, 0.1) is 7.11 Å². The van der Waals surface area contributed by atoms with E-state index in [0.29, 0.717) is 0 Å². The first kappa shape index (κ1) is 25.4. The van der Waals surface area contributed by atoms with E-state index in [4.69, 9.17) is 4.74 Å². The highest BCUT2D eigenvalue weighted by Gasteiger charge is 2.31. The number of halogens is 3. The van der Waals surface area contributed by atoms with Gasteiger partial charge in [0.1, 0.15) is 11.5 Å². The Morgan fingerprint density at radius 1 is 0.488 bits per heavy atom. The number of benzene rings is 8. The summed E-state index contributed by atoms with van der Waals surface area (Å²) in [6, 6.07) is 39.9. The number of hydrogen-bond donors (Lipinski definition) is 0. The third kappa shape index (κ3) is 3.96. The molecule has 8 aromatic rings. The van der Waals surface area contributed by atoms with Crippen molar-refractivity contribution in [1.82, 2.24) is 0 Å². The highest BCUT2D eigenvalue weighted by atomic mass is 19.4. The SMILES string of the molecule is COc1c2ccccc2c(-c2ccc3ccc4c(-c5ccc(OC(F)(F)F)cc5)ccc5ccc2c3c54)c2ccccc12. The number of rotatable bonds is 4. The van der Waals surface area contributed by atoms with Gasteiger partial charge >= 0.3 is 6.36 Å². The van der Waals surface area contributed by atoms with Crippen LogP contribution in [0.25, 0.3) is 76.1 Å². The van der Waals surface area contributed by atoms with E-state index in [1.165, 1.54) is 12.1 Å². The van der Waals surface area contributed by atoms with E-state index in [2.05, 4.69) is 83.6 Å². The first-order valence-electron chi connectivity index (χ1n) is 14.0. The van der Waals surface area contributed by atoms with Crippen LogP contribution in [0.5, 0.6) is 11.5 Å². The molecule has 0 amide bonds. The predicted molar refractivity (Wildman–Crippen MR) is 169 cm³/mol. The standard InChI is InChI=1S/C38H23F3O2/c1-42-37-32-8-4-2-6-27(32)36(28-7-3-5-9-33(28)37)31-21-15-24-13-19-29-26(18-12-23-14-20-30(31)35(24)34(23)29)22-10-16-25(17-11-22)43-38(39,40)41/h2-21H,1H3. The Bertz CT molecular complexity index is 2280. The van der Waals surface area contributed by atoms with Crippen LogP contribution in [0, 0.1) is 0 Å². The summed E-state index contributed by atoms with van der Waals surface area (Å²) in [7, 11) is 1.72. The second-order valence-corrected chi connectivity index (χ2v) is 10.7. The summed E-state index contributed by atoms with van der Waals surface area (Å²) >= 11 is 0. The van der Waals surface area contributed by atoms with Gasteiger partial charge in [-0.2, -0.15) is 0 Å². The first-order chi connectivity index (χ1) is 20.9. The molecule has 0 saturated carbocycles. The molecule has 0 atom stereocenters. The summed E-state index contributed by atoms with van der Waals surface area (Å²) in [6.45, 7) is 0. The summed E-state index contributed by atoms with van der Waals surface area (Å²) < 4.78 is 48.3. The van der Waals surface area contributed by atoms with Crippen molar-refractivity contribution < 1.29 is 22.6 Å². The Labute approximate surface area is 244 Å². The van der Waals surface area contributed by atoms with E-state index in [0.717, 1.165) is 81.9 Å². The molecule has 43 heavy (non-hydrogen) atoms. The number of hydrogen-bond acceptors (Lipinski definition) is 2. The van der Waals surface area contributed by atoms with Gasteiger partial charge < -0.3 is 9.47 Å². The molecule has 8 aromatic carbocycles. The van der Waals surface area contributed by atoms with Crippen LogP contribution in [0.15, 0.2) is 121 Å². The highest BCUT2D eigenvalue weighted by Crippen LogP contribution is 2.47. The second kappa shape index (κ2) is 9.36. The van der Waals surface area contributed by atoms with Gasteiger partial charge in [0, 0.05) is 10.8 Å². The maximum Gasteiger partial charge on any atom is 0.573 e. The molecule has 8 rings (SSSR count). The lowest BCUT2D eigenvalue weighted by atomic mass is 9.85. The zero-order valence-electron chi connectivity index (χ0n) is 23.0. The summed E-state index contributed by atoms with van der Waals surface area (Å²) in [5, 5.41) is 11.1. The van der Waals surface area contributed by atoms with Crippen LogP contribution in [0.2, 0.25) is 0 Å². The van der Waals surface area contributed by atoms with Gasteiger partial charge in [-0.3, -0.25) is 0 Å². The van der Waals surface area contributed by atoms with Gasteiger partial charge in [-0.1, -0.05) is 109 Å². The fraction of sp³-hybridized carbons (Fsp3) is 0.0526. The Balaban J connectivity index is 1.41. The fourth-order valence-electron chi connectivity index (χ4n) is 6.71. The zero-order valence-corrected chi connectivity index (χ0v) is 23.0. The minimum atomic E-state index is -4.73. The molecule has 2 nitrogen and oxygen atoms in total. The smallest absolute Gasteiger partial charge is 0.495 e. The third-order valence-corrected chi connectivity index (χ3v) is 8.42. The molecule has 0 aromatic heterocycles. The first-order valence-corrected chi connectivity index (χ1v) is 14.0. The molecule has 0 unspecified atom stereocenters. The molecule has 0 saturated heterocycles. The topological polar surface area (TPSA) is 18.5 Å². The van der Waals surface area contributed by atoms with Crippen molar-refractivity contribution in [3.63, 3.8) is 0 Å². The number of ether oxygens (including phenoxy) is 2. The average molecular weight is 569 g/mol. The molecule has 5 heteroatoms. The molecule has 0 aliphatic rings. The third-order valence-electron chi connectivity index (χ3n) is 8.42. The summed E-state index contributed by atoms with van der Waals surface area (Å²) in [4.78, 5) is 0. The molecule has 0 aliphatic heterocycles. The molecule has 0 spiro atoms. The molecule has 0 heterocycles. The van der Waals surface area contributed by atoms with Crippen molar-refractivity contribution in [2.24, 2.45) is 0 Å². The number of methoxy groups -OCH3 is 1. The van der Waals surface area contributed by atoms with E-state index in [1.54, 1.807) is 19.2 Å². The Morgan fingerprint density at radius 3 is 1.51 bits per heavy atom. The molecular formula is C38H23F3O2. The minimum Gasteiger partial charge on any atom is -0.495 e. The van der Waals surface area contributed by atoms with Crippen LogP contribution in [-0.2, 0) is 0 Å². The zero-order chi connectivity index (χ0) is 29.3. The second-order valence-electron chi connectivity index (χ2n) is 10.7. The van der Waals surface area contributed by atoms with Crippen molar-refractivity contribution in [2.45, 2.75) is 6.36 Å². The lowest BCUT2D eigenvalue weighted by molar-refractivity contribution is -0.274. The van der Waals surface area contributed by atoms with Gasteiger partial charge in [-0.05, 0) is 77.5 Å². The normalized spacial score (nSPS) is 12.2. The van der Waals surface area contributed by atoms with Crippen LogP contribution in [0.1, 0.15) is 0 Å². The lowest BCUT2D eigenvalue weighted by Crippen LogP contribution is -2.16. The molecule has 208 valence electrons. The Morgan fingerprint density at radius 2 is 0.977 bits per heavy atom. The van der Waals surface area contributed by atoms with Gasteiger partial charge in [0.15, 0.2) is 0 Å². The largest absolute Gasteiger partial charge is 0.573 e. The highest BCUT2D eigenvalue weighted by molar-refractivity contribution is 6.29. The lowest BCUT2D eigenvalue weighted by Gasteiger charge is -2.20. The van der Waals surface area contributed by atoms with Gasteiger partial charge in [-0.15, -0.1) is 13.2 Å². The average Bonchev–Trinajstić information content (AvgIpc) is 3.02. The summed E-state index contributed by atoms with van der Waals surface area (Å²) in [6.07, 6.45) is -4.73. The van der Waals surface area contributed by atoms with Crippen LogP contribution < -0.4 is 9.47 Å². The van der Waals surface area contributed by atoms with Crippen LogP contribution in [0.4, 0.5) is 13.2 Å². The maximum absolute atomic E-state index is 12.7. The Kier molecular flexibility index (Phi) is 5.54. The van der Waals surface area contributed by atoms with E-state index < -0.39 is 6.36 Å². The van der Waals surface area contributed by atoms with Crippen molar-refractivity contribution in [3.05, 3.63) is 121 Å². The molecular weight excluding hydrogens is 545 g/mol. The van der Waals surface area contributed by atoms with E-state index in [1.807, 2.05) is 18.2 Å².